The Morgan fingerprint density at radius 1 is 1.11 bits per heavy atom. The first-order valence-electron chi connectivity index (χ1n) is 9.49. The molecule has 3 rings (SSSR count). The van der Waals surface area contributed by atoms with Crippen molar-refractivity contribution >= 4 is 23.4 Å². The van der Waals surface area contributed by atoms with Crippen LogP contribution in [0.5, 0.6) is 0 Å². The molecule has 0 saturated carbocycles. The van der Waals surface area contributed by atoms with Crippen LogP contribution in [0.25, 0.3) is 0 Å². The van der Waals surface area contributed by atoms with E-state index in [-0.39, 0.29) is 30.3 Å². The average Bonchev–Trinajstić information content (AvgIpc) is 3.12. The number of nitrogens with one attached hydrogen (secondary N) is 2. The number of hydrogen-bond acceptors (Lipinski definition) is 3. The molecule has 146 valence electrons. The van der Waals surface area contributed by atoms with Gasteiger partial charge in [-0.1, -0.05) is 24.3 Å². The maximum absolute atomic E-state index is 12.3. The first-order chi connectivity index (χ1) is 13.5. The molecule has 2 aromatic rings. The third kappa shape index (κ3) is 4.57. The fourth-order valence-corrected chi connectivity index (χ4v) is 3.42. The number of carbonyl (C=O) groups excluding carboxylic acids is 3. The van der Waals surface area contributed by atoms with Crippen LogP contribution in [0.2, 0.25) is 0 Å². The summed E-state index contributed by atoms with van der Waals surface area (Å²) in [6.45, 7) is 4.53. The summed E-state index contributed by atoms with van der Waals surface area (Å²) in [5, 5.41) is 5.53. The highest BCUT2D eigenvalue weighted by Crippen LogP contribution is 2.21. The zero-order chi connectivity index (χ0) is 20.1. The van der Waals surface area contributed by atoms with Crippen molar-refractivity contribution < 1.29 is 14.4 Å². The van der Waals surface area contributed by atoms with Gasteiger partial charge >= 0.3 is 0 Å². The van der Waals surface area contributed by atoms with Crippen LogP contribution in [0.4, 0.5) is 5.69 Å². The summed E-state index contributed by atoms with van der Waals surface area (Å²) in [4.78, 5) is 38.0. The van der Waals surface area contributed by atoms with Gasteiger partial charge in [-0.25, -0.2) is 0 Å². The minimum Gasteiger partial charge on any atom is -0.348 e. The van der Waals surface area contributed by atoms with E-state index in [2.05, 4.69) is 10.6 Å². The predicted octanol–water partition coefficient (Wildman–Crippen LogP) is 2.73. The Hall–Kier alpha value is -3.15. The number of carbonyl (C=O) groups is 3. The van der Waals surface area contributed by atoms with E-state index in [0.29, 0.717) is 18.5 Å². The summed E-state index contributed by atoms with van der Waals surface area (Å²) >= 11 is 0. The van der Waals surface area contributed by atoms with E-state index in [0.717, 1.165) is 23.2 Å². The van der Waals surface area contributed by atoms with Gasteiger partial charge in [0.05, 0.1) is 12.6 Å². The molecule has 2 N–H and O–H groups in total. The highest BCUT2D eigenvalue weighted by Gasteiger charge is 2.21. The molecule has 0 aromatic heterocycles. The molecule has 6 heteroatoms. The first-order valence-corrected chi connectivity index (χ1v) is 9.49. The molecule has 0 aliphatic carbocycles. The summed E-state index contributed by atoms with van der Waals surface area (Å²) in [5.41, 5.74) is 3.41. The minimum absolute atomic E-state index is 0.0958. The summed E-state index contributed by atoms with van der Waals surface area (Å²) in [6, 6.07) is 14.6. The number of rotatable bonds is 6. The molecule has 1 saturated heterocycles. The Morgan fingerprint density at radius 3 is 2.46 bits per heavy atom. The molecule has 0 spiro atoms. The fourth-order valence-electron chi connectivity index (χ4n) is 3.42. The molecule has 0 bridgehead atoms. The lowest BCUT2D eigenvalue weighted by atomic mass is 10.0. The van der Waals surface area contributed by atoms with Crippen molar-refractivity contribution in [3.05, 3.63) is 65.2 Å². The van der Waals surface area contributed by atoms with Crippen LogP contribution in [0.3, 0.4) is 0 Å². The van der Waals surface area contributed by atoms with Crippen molar-refractivity contribution in [2.24, 2.45) is 0 Å². The number of anilines is 1. The zero-order valence-corrected chi connectivity index (χ0v) is 16.2. The lowest BCUT2D eigenvalue weighted by Gasteiger charge is -2.17. The molecule has 1 heterocycles. The Morgan fingerprint density at radius 2 is 1.82 bits per heavy atom. The SMILES string of the molecule is Cc1ccccc1[C@@H](C)NC(=O)CNC(=O)c1ccc(N2CCCC2=O)cc1. The second-order valence-corrected chi connectivity index (χ2v) is 7.02. The van der Waals surface area contributed by atoms with Crippen LogP contribution in [-0.2, 0) is 9.59 Å². The van der Waals surface area contributed by atoms with Gasteiger partial charge in [0.25, 0.3) is 5.91 Å². The lowest BCUT2D eigenvalue weighted by molar-refractivity contribution is -0.120. The lowest BCUT2D eigenvalue weighted by Crippen LogP contribution is -2.38. The van der Waals surface area contributed by atoms with Crippen molar-refractivity contribution in [3.8, 4) is 0 Å². The predicted molar refractivity (Wildman–Crippen MR) is 108 cm³/mol. The molecular weight excluding hydrogens is 354 g/mol. The topological polar surface area (TPSA) is 78.5 Å². The van der Waals surface area contributed by atoms with Gasteiger partial charge in [-0.05, 0) is 55.7 Å². The van der Waals surface area contributed by atoms with Gasteiger partial charge in [0.15, 0.2) is 0 Å². The van der Waals surface area contributed by atoms with Crippen LogP contribution in [0.1, 0.15) is 47.3 Å². The minimum atomic E-state index is -0.321. The number of amides is 3. The van der Waals surface area contributed by atoms with E-state index >= 15 is 0 Å². The fraction of sp³-hybridized carbons (Fsp3) is 0.318. The van der Waals surface area contributed by atoms with Gasteiger partial charge in [0, 0.05) is 24.2 Å². The molecular formula is C22H25N3O3. The highest BCUT2D eigenvalue weighted by atomic mass is 16.2. The summed E-state index contributed by atoms with van der Waals surface area (Å²) in [7, 11) is 0. The van der Waals surface area contributed by atoms with Crippen molar-refractivity contribution in [3.63, 3.8) is 0 Å². The quantitative estimate of drug-likeness (QED) is 0.810. The van der Waals surface area contributed by atoms with E-state index in [1.165, 1.54) is 0 Å². The number of aryl methyl sites for hydroxylation is 1. The second-order valence-electron chi connectivity index (χ2n) is 7.02. The van der Waals surface area contributed by atoms with Crippen molar-refractivity contribution in [1.82, 2.24) is 10.6 Å². The van der Waals surface area contributed by atoms with Gasteiger partial charge < -0.3 is 15.5 Å². The van der Waals surface area contributed by atoms with Crippen LogP contribution >= 0.6 is 0 Å². The smallest absolute Gasteiger partial charge is 0.251 e. The normalized spacial score (nSPS) is 14.6. The standard InChI is InChI=1S/C22H25N3O3/c1-15-6-3-4-7-19(15)16(2)24-20(26)14-23-22(28)17-9-11-18(12-10-17)25-13-5-8-21(25)27/h3-4,6-7,9-12,16H,5,8,13-14H2,1-2H3,(H,23,28)(H,24,26)/t16-/m1/s1. The van der Waals surface area contributed by atoms with Gasteiger partial charge in [-0.3, -0.25) is 14.4 Å². The van der Waals surface area contributed by atoms with E-state index in [1.807, 2.05) is 38.1 Å². The van der Waals surface area contributed by atoms with Crippen LogP contribution in [-0.4, -0.2) is 30.8 Å². The molecule has 0 unspecified atom stereocenters. The largest absolute Gasteiger partial charge is 0.348 e. The second kappa shape index (κ2) is 8.69. The maximum Gasteiger partial charge on any atom is 0.251 e. The summed E-state index contributed by atoms with van der Waals surface area (Å²) in [5.74, 6) is -0.460. The van der Waals surface area contributed by atoms with Crippen molar-refractivity contribution in [2.45, 2.75) is 32.7 Å². The van der Waals surface area contributed by atoms with Gasteiger partial charge in [0.1, 0.15) is 0 Å². The number of benzene rings is 2. The van der Waals surface area contributed by atoms with Crippen molar-refractivity contribution in [2.75, 3.05) is 18.0 Å². The third-order valence-corrected chi connectivity index (χ3v) is 4.96. The van der Waals surface area contributed by atoms with Gasteiger partial charge in [-0.2, -0.15) is 0 Å². The Bertz CT molecular complexity index is 877. The first kappa shape index (κ1) is 19.6. The molecule has 28 heavy (non-hydrogen) atoms. The summed E-state index contributed by atoms with van der Waals surface area (Å²) < 4.78 is 0. The Labute approximate surface area is 164 Å². The summed E-state index contributed by atoms with van der Waals surface area (Å²) in [6.07, 6.45) is 1.43. The Kier molecular flexibility index (Phi) is 6.09. The monoisotopic (exact) mass is 379 g/mol. The van der Waals surface area contributed by atoms with Gasteiger partial charge in [0.2, 0.25) is 11.8 Å². The molecule has 0 radical (unpaired) electrons. The molecule has 2 aromatic carbocycles. The number of hydrogen-bond donors (Lipinski definition) is 2. The van der Waals surface area contributed by atoms with Crippen molar-refractivity contribution in [1.29, 1.82) is 0 Å². The molecule has 1 fully saturated rings. The maximum atomic E-state index is 12.3. The molecule has 6 nitrogen and oxygen atoms in total. The highest BCUT2D eigenvalue weighted by molar-refractivity contribution is 5.98. The van der Waals surface area contributed by atoms with E-state index < -0.39 is 0 Å². The molecule has 1 aliphatic rings. The van der Waals surface area contributed by atoms with E-state index in [9.17, 15) is 14.4 Å². The van der Waals surface area contributed by atoms with E-state index in [4.69, 9.17) is 0 Å². The average molecular weight is 379 g/mol. The molecule has 1 atom stereocenters. The molecule has 1 aliphatic heterocycles. The molecule has 3 amide bonds. The number of nitrogens with zero attached hydrogens (tertiary/aromatic N) is 1. The van der Waals surface area contributed by atoms with E-state index in [1.54, 1.807) is 29.2 Å². The van der Waals surface area contributed by atoms with Crippen LogP contribution in [0, 0.1) is 6.92 Å². The third-order valence-electron chi connectivity index (χ3n) is 4.96. The van der Waals surface area contributed by atoms with Crippen LogP contribution in [0.15, 0.2) is 48.5 Å². The zero-order valence-electron chi connectivity index (χ0n) is 16.2. The van der Waals surface area contributed by atoms with Crippen LogP contribution < -0.4 is 15.5 Å². The van der Waals surface area contributed by atoms with Gasteiger partial charge in [-0.15, -0.1) is 0 Å². The Balaban J connectivity index is 1.51.